The number of para-hydroxylation sites is 1. The van der Waals surface area contributed by atoms with E-state index in [4.69, 9.17) is 22.1 Å². The van der Waals surface area contributed by atoms with E-state index in [0.29, 0.717) is 23.1 Å². The minimum atomic E-state index is 0.560. The van der Waals surface area contributed by atoms with Crippen molar-refractivity contribution in [2.24, 2.45) is 5.73 Å². The Kier molecular flexibility index (Phi) is 4.50. The lowest BCUT2D eigenvalue weighted by molar-refractivity contribution is 0.476. The van der Waals surface area contributed by atoms with Crippen molar-refractivity contribution in [3.8, 4) is 11.5 Å². The Hall–Kier alpha value is -1.65. The predicted octanol–water partition coefficient (Wildman–Crippen LogP) is 2.81. The quantitative estimate of drug-likeness (QED) is 0.901. The van der Waals surface area contributed by atoms with Gasteiger partial charge in [0.1, 0.15) is 11.6 Å². The molecule has 0 aliphatic carbocycles. The van der Waals surface area contributed by atoms with Crippen LogP contribution in [0.1, 0.15) is 12.2 Å². The van der Waals surface area contributed by atoms with Gasteiger partial charge in [-0.1, -0.05) is 23.7 Å². The molecule has 1 aromatic carbocycles. The van der Waals surface area contributed by atoms with Crippen LogP contribution in [0.4, 0.5) is 0 Å². The molecule has 4 nitrogen and oxygen atoms in total. The normalized spacial score (nSPS) is 10.3. The van der Waals surface area contributed by atoms with Crippen molar-refractivity contribution in [2.45, 2.75) is 12.8 Å². The van der Waals surface area contributed by atoms with Crippen LogP contribution in [0.3, 0.4) is 0 Å². The number of hydrogen-bond donors (Lipinski definition) is 1. The van der Waals surface area contributed by atoms with Gasteiger partial charge in [0.15, 0.2) is 5.75 Å². The first kappa shape index (κ1) is 12.8. The average Bonchev–Trinajstić information content (AvgIpc) is 2.41. The number of ether oxygens (including phenoxy) is 1. The van der Waals surface area contributed by atoms with E-state index < -0.39 is 0 Å². The van der Waals surface area contributed by atoms with Crippen LogP contribution in [0.5, 0.6) is 11.5 Å². The van der Waals surface area contributed by atoms with Crippen molar-refractivity contribution < 1.29 is 4.74 Å². The number of nitrogens with two attached hydrogens (primary N) is 1. The molecule has 0 amide bonds. The molecule has 1 heterocycles. The van der Waals surface area contributed by atoms with Gasteiger partial charge in [-0.25, -0.2) is 9.97 Å². The Bertz CT molecular complexity index is 502. The first-order valence-electron chi connectivity index (χ1n) is 5.73. The molecule has 18 heavy (non-hydrogen) atoms. The zero-order valence-corrected chi connectivity index (χ0v) is 10.6. The maximum atomic E-state index is 5.99. The van der Waals surface area contributed by atoms with E-state index in [1.54, 1.807) is 24.5 Å². The molecule has 5 heteroatoms. The molecule has 0 unspecified atom stereocenters. The summed E-state index contributed by atoms with van der Waals surface area (Å²) in [4.78, 5) is 8.41. The van der Waals surface area contributed by atoms with Gasteiger partial charge >= 0.3 is 0 Å². The van der Waals surface area contributed by atoms with Gasteiger partial charge in [-0.3, -0.25) is 0 Å². The molecular formula is C13H14ClN3O. The van der Waals surface area contributed by atoms with E-state index in [-0.39, 0.29) is 0 Å². The topological polar surface area (TPSA) is 61.0 Å². The summed E-state index contributed by atoms with van der Waals surface area (Å²) in [5.74, 6) is 1.93. The third kappa shape index (κ3) is 3.42. The van der Waals surface area contributed by atoms with Crippen molar-refractivity contribution in [1.82, 2.24) is 9.97 Å². The van der Waals surface area contributed by atoms with Crippen LogP contribution in [-0.2, 0) is 6.42 Å². The summed E-state index contributed by atoms with van der Waals surface area (Å²) in [7, 11) is 0. The smallest absolute Gasteiger partial charge is 0.164 e. The first-order valence-corrected chi connectivity index (χ1v) is 6.11. The predicted molar refractivity (Wildman–Crippen MR) is 70.9 cm³/mol. The van der Waals surface area contributed by atoms with Crippen molar-refractivity contribution >= 4 is 11.6 Å². The zero-order valence-electron chi connectivity index (χ0n) is 9.84. The molecule has 0 fully saturated rings. The Morgan fingerprint density at radius 2 is 1.89 bits per heavy atom. The monoisotopic (exact) mass is 263 g/mol. The maximum Gasteiger partial charge on any atom is 0.164 e. The fraction of sp³-hybridized carbons (Fsp3) is 0.231. The molecule has 0 saturated heterocycles. The summed E-state index contributed by atoms with van der Waals surface area (Å²) < 4.78 is 5.59. The van der Waals surface area contributed by atoms with Crippen molar-refractivity contribution in [2.75, 3.05) is 6.54 Å². The highest BCUT2D eigenvalue weighted by Crippen LogP contribution is 2.27. The van der Waals surface area contributed by atoms with Gasteiger partial charge in [0, 0.05) is 6.42 Å². The largest absolute Gasteiger partial charge is 0.453 e. The number of hydrogen-bond acceptors (Lipinski definition) is 4. The van der Waals surface area contributed by atoms with E-state index in [2.05, 4.69) is 9.97 Å². The second kappa shape index (κ2) is 6.33. The van der Waals surface area contributed by atoms with Crippen LogP contribution < -0.4 is 10.5 Å². The van der Waals surface area contributed by atoms with Gasteiger partial charge in [-0.05, 0) is 25.1 Å². The van der Waals surface area contributed by atoms with Crippen LogP contribution >= 0.6 is 11.6 Å². The van der Waals surface area contributed by atoms with Crippen molar-refractivity contribution in [3.63, 3.8) is 0 Å². The molecule has 0 bridgehead atoms. The fourth-order valence-electron chi connectivity index (χ4n) is 1.44. The second-order valence-corrected chi connectivity index (χ2v) is 4.17. The SMILES string of the molecule is NCCCc1ncc(Oc2ccccc2Cl)cn1. The lowest BCUT2D eigenvalue weighted by atomic mass is 10.3. The molecule has 0 spiro atoms. The molecule has 1 aromatic heterocycles. The number of rotatable bonds is 5. The van der Waals surface area contributed by atoms with Gasteiger partial charge in [-0.2, -0.15) is 0 Å². The van der Waals surface area contributed by atoms with Gasteiger partial charge in [-0.15, -0.1) is 0 Å². The average molecular weight is 264 g/mol. The Balaban J connectivity index is 2.04. The highest BCUT2D eigenvalue weighted by atomic mass is 35.5. The number of aryl methyl sites for hydroxylation is 1. The second-order valence-electron chi connectivity index (χ2n) is 3.76. The molecule has 2 aromatic rings. The summed E-state index contributed by atoms with van der Waals surface area (Å²) in [5, 5.41) is 0.560. The first-order chi connectivity index (χ1) is 8.79. The summed E-state index contributed by atoms with van der Waals surface area (Å²) in [6.07, 6.45) is 4.94. The Morgan fingerprint density at radius 3 is 2.56 bits per heavy atom. The van der Waals surface area contributed by atoms with Crippen LogP contribution in [-0.4, -0.2) is 16.5 Å². The highest BCUT2D eigenvalue weighted by molar-refractivity contribution is 6.32. The third-order valence-corrected chi connectivity index (χ3v) is 2.66. The molecule has 0 aliphatic heterocycles. The molecule has 0 atom stereocenters. The fourth-order valence-corrected chi connectivity index (χ4v) is 1.61. The summed E-state index contributed by atoms with van der Waals surface area (Å²) in [6.45, 7) is 0.640. The Morgan fingerprint density at radius 1 is 1.17 bits per heavy atom. The summed E-state index contributed by atoms with van der Waals surface area (Å²) >= 11 is 5.99. The zero-order chi connectivity index (χ0) is 12.8. The molecule has 0 saturated carbocycles. The number of nitrogens with zero attached hydrogens (tertiary/aromatic N) is 2. The van der Waals surface area contributed by atoms with Crippen molar-refractivity contribution in [1.29, 1.82) is 0 Å². The van der Waals surface area contributed by atoms with E-state index in [0.717, 1.165) is 18.7 Å². The molecule has 2 N–H and O–H groups in total. The van der Waals surface area contributed by atoms with Crippen molar-refractivity contribution in [3.05, 3.63) is 47.5 Å². The molecule has 0 radical (unpaired) electrons. The van der Waals surface area contributed by atoms with Crippen LogP contribution in [0.25, 0.3) is 0 Å². The summed E-state index contributed by atoms with van der Waals surface area (Å²) in [6, 6.07) is 7.28. The van der Waals surface area contributed by atoms with Gasteiger partial charge in [0.2, 0.25) is 0 Å². The lowest BCUT2D eigenvalue weighted by Crippen LogP contribution is -2.03. The minimum absolute atomic E-state index is 0.560. The van der Waals surface area contributed by atoms with Crippen LogP contribution in [0.2, 0.25) is 5.02 Å². The molecular weight excluding hydrogens is 250 g/mol. The maximum absolute atomic E-state index is 5.99. The van der Waals surface area contributed by atoms with Gasteiger partial charge < -0.3 is 10.5 Å². The van der Waals surface area contributed by atoms with E-state index >= 15 is 0 Å². The van der Waals surface area contributed by atoms with E-state index in [9.17, 15) is 0 Å². The van der Waals surface area contributed by atoms with E-state index in [1.807, 2.05) is 12.1 Å². The summed E-state index contributed by atoms with van der Waals surface area (Å²) in [5.41, 5.74) is 5.43. The van der Waals surface area contributed by atoms with Crippen LogP contribution in [0.15, 0.2) is 36.7 Å². The number of benzene rings is 1. The van der Waals surface area contributed by atoms with Gasteiger partial charge in [0.05, 0.1) is 17.4 Å². The molecule has 0 aliphatic rings. The van der Waals surface area contributed by atoms with Gasteiger partial charge in [0.25, 0.3) is 0 Å². The molecule has 2 rings (SSSR count). The standard InChI is InChI=1S/C13H14ClN3O/c14-11-4-1-2-5-12(11)18-10-8-16-13(17-9-10)6-3-7-15/h1-2,4-5,8-9H,3,6-7,15H2. The Labute approximate surface area is 111 Å². The van der Waals surface area contributed by atoms with E-state index in [1.165, 1.54) is 0 Å². The van der Waals surface area contributed by atoms with Crippen LogP contribution in [0, 0.1) is 0 Å². The lowest BCUT2D eigenvalue weighted by Gasteiger charge is -2.06. The number of aromatic nitrogens is 2. The minimum Gasteiger partial charge on any atom is -0.453 e. The third-order valence-electron chi connectivity index (χ3n) is 2.35. The highest BCUT2D eigenvalue weighted by Gasteiger charge is 2.03. The number of halogens is 1. The molecule has 94 valence electrons.